The average Bonchev–Trinajstić information content (AvgIpc) is 2.90. The summed E-state index contributed by atoms with van der Waals surface area (Å²) in [5.41, 5.74) is 4.04. The first kappa shape index (κ1) is 16.0. The molecule has 0 unspecified atom stereocenters. The molecule has 0 radical (unpaired) electrons. The highest BCUT2D eigenvalue weighted by Crippen LogP contribution is 2.30. The molecular formula is C19H16BrN3O2. The summed E-state index contributed by atoms with van der Waals surface area (Å²) < 4.78 is 8.10. The molecule has 25 heavy (non-hydrogen) atoms. The summed E-state index contributed by atoms with van der Waals surface area (Å²) in [5.74, 6) is -0.265. The number of para-hydroxylation sites is 2. The van der Waals surface area contributed by atoms with E-state index in [1.165, 1.54) is 0 Å². The Labute approximate surface area is 152 Å². The number of aromatic nitrogens is 3. The van der Waals surface area contributed by atoms with Crippen LogP contribution in [0.3, 0.4) is 0 Å². The minimum Gasteiger partial charge on any atom is -0.464 e. The molecule has 2 heterocycles. The van der Waals surface area contributed by atoms with E-state index in [4.69, 9.17) is 14.7 Å². The number of fused-ring (bicyclic) bond motifs is 4. The number of hydrogen-bond acceptors (Lipinski definition) is 4. The maximum atomic E-state index is 12.2. The highest BCUT2D eigenvalue weighted by Gasteiger charge is 2.17. The molecule has 0 aliphatic rings. The van der Waals surface area contributed by atoms with Gasteiger partial charge in [-0.3, -0.25) is 4.79 Å². The molecule has 4 aromatic rings. The van der Waals surface area contributed by atoms with Crippen LogP contribution in [-0.2, 0) is 16.1 Å². The highest BCUT2D eigenvalue weighted by atomic mass is 79.9. The number of esters is 1. The smallest absolute Gasteiger partial charge is 0.326 e. The molecule has 0 saturated heterocycles. The fourth-order valence-electron chi connectivity index (χ4n) is 2.96. The maximum absolute atomic E-state index is 12.2. The fraction of sp³-hybridized carbons (Fsp3) is 0.211. The number of benzene rings is 2. The zero-order chi connectivity index (χ0) is 17.4. The standard InChI is InChI=1S/C19H16BrN3O2/c1-2-9-25-17(24)11-23-16-8-7-12(20)10-13(16)18-19(23)22-15-6-4-3-5-14(15)21-18/h3-8,10H,2,9,11H2,1H3. The van der Waals surface area contributed by atoms with E-state index in [9.17, 15) is 4.79 Å². The van der Waals surface area contributed by atoms with Crippen LogP contribution in [0.2, 0.25) is 0 Å². The van der Waals surface area contributed by atoms with Gasteiger partial charge in [-0.1, -0.05) is 35.0 Å². The topological polar surface area (TPSA) is 57.0 Å². The molecule has 0 amide bonds. The van der Waals surface area contributed by atoms with Crippen LogP contribution >= 0.6 is 15.9 Å². The van der Waals surface area contributed by atoms with Gasteiger partial charge in [0.15, 0.2) is 5.65 Å². The third-order valence-corrected chi connectivity index (χ3v) is 4.56. The molecule has 6 heteroatoms. The predicted octanol–water partition coefficient (Wildman–Crippen LogP) is 4.45. The van der Waals surface area contributed by atoms with Crippen molar-refractivity contribution in [2.24, 2.45) is 0 Å². The van der Waals surface area contributed by atoms with E-state index in [0.717, 1.165) is 38.3 Å². The van der Waals surface area contributed by atoms with Crippen molar-refractivity contribution in [2.45, 2.75) is 19.9 Å². The minimum atomic E-state index is -0.265. The molecule has 0 saturated carbocycles. The Kier molecular flexibility index (Phi) is 4.13. The second-order valence-corrected chi connectivity index (χ2v) is 6.77. The Hall–Kier alpha value is -2.47. The van der Waals surface area contributed by atoms with Crippen LogP contribution in [0.5, 0.6) is 0 Å². The van der Waals surface area contributed by atoms with Crippen LogP contribution < -0.4 is 0 Å². The fourth-order valence-corrected chi connectivity index (χ4v) is 3.32. The zero-order valence-corrected chi connectivity index (χ0v) is 15.3. The van der Waals surface area contributed by atoms with Crippen LogP contribution in [0.4, 0.5) is 0 Å². The number of ether oxygens (including phenoxy) is 1. The van der Waals surface area contributed by atoms with E-state index in [0.29, 0.717) is 12.3 Å². The van der Waals surface area contributed by atoms with Gasteiger partial charge in [0.2, 0.25) is 0 Å². The van der Waals surface area contributed by atoms with Gasteiger partial charge in [0.05, 0.1) is 23.2 Å². The molecule has 0 fully saturated rings. The van der Waals surface area contributed by atoms with Gasteiger partial charge in [0, 0.05) is 9.86 Å². The Bertz CT molecular complexity index is 1100. The van der Waals surface area contributed by atoms with Crippen molar-refractivity contribution in [3.05, 3.63) is 46.9 Å². The second kappa shape index (κ2) is 6.44. The molecule has 0 aliphatic heterocycles. The van der Waals surface area contributed by atoms with Crippen molar-refractivity contribution in [3.8, 4) is 0 Å². The van der Waals surface area contributed by atoms with Gasteiger partial charge in [-0.2, -0.15) is 0 Å². The van der Waals surface area contributed by atoms with E-state index >= 15 is 0 Å². The molecule has 2 aromatic carbocycles. The lowest BCUT2D eigenvalue weighted by molar-refractivity contribution is -0.144. The van der Waals surface area contributed by atoms with Gasteiger partial charge < -0.3 is 9.30 Å². The first-order valence-electron chi connectivity index (χ1n) is 8.17. The minimum absolute atomic E-state index is 0.120. The number of carbonyl (C=O) groups excluding carboxylic acids is 1. The summed E-state index contributed by atoms with van der Waals surface area (Å²) in [6.45, 7) is 2.52. The molecule has 126 valence electrons. The van der Waals surface area contributed by atoms with Gasteiger partial charge in [0.1, 0.15) is 12.1 Å². The molecule has 4 rings (SSSR count). The van der Waals surface area contributed by atoms with Gasteiger partial charge in [-0.05, 0) is 36.8 Å². The van der Waals surface area contributed by atoms with E-state index in [1.54, 1.807) is 0 Å². The summed E-state index contributed by atoms with van der Waals surface area (Å²) in [7, 11) is 0. The summed E-state index contributed by atoms with van der Waals surface area (Å²) in [4.78, 5) is 21.7. The van der Waals surface area contributed by atoms with E-state index in [1.807, 2.05) is 54.0 Å². The predicted molar refractivity (Wildman–Crippen MR) is 101 cm³/mol. The molecule has 0 atom stereocenters. The van der Waals surface area contributed by atoms with Crippen molar-refractivity contribution in [3.63, 3.8) is 0 Å². The normalized spacial score (nSPS) is 11.4. The molecule has 2 aromatic heterocycles. The lowest BCUT2D eigenvalue weighted by Gasteiger charge is -2.07. The summed E-state index contributed by atoms with van der Waals surface area (Å²) in [6, 6.07) is 13.7. The average molecular weight is 398 g/mol. The Morgan fingerprint density at radius 1 is 1.16 bits per heavy atom. The third-order valence-electron chi connectivity index (χ3n) is 4.07. The van der Waals surface area contributed by atoms with Crippen molar-refractivity contribution >= 4 is 55.0 Å². The molecule has 0 bridgehead atoms. The Morgan fingerprint density at radius 2 is 1.92 bits per heavy atom. The number of hydrogen-bond donors (Lipinski definition) is 0. The molecule has 0 aliphatic carbocycles. The largest absolute Gasteiger partial charge is 0.464 e. The quantitative estimate of drug-likeness (QED) is 0.477. The van der Waals surface area contributed by atoms with E-state index in [-0.39, 0.29) is 12.5 Å². The van der Waals surface area contributed by atoms with Gasteiger partial charge >= 0.3 is 5.97 Å². The third kappa shape index (κ3) is 2.87. The van der Waals surface area contributed by atoms with Crippen LogP contribution in [-0.4, -0.2) is 27.1 Å². The molecular weight excluding hydrogens is 382 g/mol. The van der Waals surface area contributed by atoms with Gasteiger partial charge in [-0.25, -0.2) is 9.97 Å². The lowest BCUT2D eigenvalue weighted by Crippen LogP contribution is -2.14. The van der Waals surface area contributed by atoms with Crippen molar-refractivity contribution < 1.29 is 9.53 Å². The van der Waals surface area contributed by atoms with Crippen LogP contribution in [0.15, 0.2) is 46.9 Å². The van der Waals surface area contributed by atoms with Crippen molar-refractivity contribution in [2.75, 3.05) is 6.61 Å². The molecule has 5 nitrogen and oxygen atoms in total. The Morgan fingerprint density at radius 3 is 2.68 bits per heavy atom. The van der Waals surface area contributed by atoms with Gasteiger partial charge in [-0.15, -0.1) is 0 Å². The Balaban J connectivity index is 1.97. The van der Waals surface area contributed by atoms with Gasteiger partial charge in [0.25, 0.3) is 0 Å². The van der Waals surface area contributed by atoms with Crippen LogP contribution in [0.25, 0.3) is 33.1 Å². The second-order valence-electron chi connectivity index (χ2n) is 5.85. The number of carbonyl (C=O) groups is 1. The number of halogens is 1. The maximum Gasteiger partial charge on any atom is 0.326 e. The number of nitrogens with zero attached hydrogens (tertiary/aromatic N) is 3. The molecule has 0 N–H and O–H groups in total. The SMILES string of the molecule is CCCOC(=O)Cn1c2ccc(Br)cc2c2nc3ccccc3nc21. The summed E-state index contributed by atoms with van der Waals surface area (Å²) in [5, 5.41) is 0.964. The van der Waals surface area contributed by atoms with Crippen molar-refractivity contribution in [1.29, 1.82) is 0 Å². The van der Waals surface area contributed by atoms with E-state index in [2.05, 4.69) is 15.9 Å². The monoisotopic (exact) mass is 397 g/mol. The van der Waals surface area contributed by atoms with Crippen LogP contribution in [0, 0.1) is 0 Å². The highest BCUT2D eigenvalue weighted by molar-refractivity contribution is 9.10. The summed E-state index contributed by atoms with van der Waals surface area (Å²) >= 11 is 3.51. The van der Waals surface area contributed by atoms with Crippen LogP contribution in [0.1, 0.15) is 13.3 Å². The molecule has 0 spiro atoms. The lowest BCUT2D eigenvalue weighted by atomic mass is 10.2. The first-order chi connectivity index (χ1) is 12.2. The van der Waals surface area contributed by atoms with Crippen molar-refractivity contribution in [1.82, 2.24) is 14.5 Å². The first-order valence-corrected chi connectivity index (χ1v) is 8.96. The zero-order valence-electron chi connectivity index (χ0n) is 13.7. The summed E-state index contributed by atoms with van der Waals surface area (Å²) in [6.07, 6.45) is 0.802. The van der Waals surface area contributed by atoms with E-state index < -0.39 is 0 Å². The number of rotatable bonds is 4.